The van der Waals surface area contributed by atoms with E-state index in [-0.39, 0.29) is 5.70 Å². The Balaban J connectivity index is 2.12. The van der Waals surface area contributed by atoms with Gasteiger partial charge in [0.2, 0.25) is 0 Å². The van der Waals surface area contributed by atoms with E-state index in [2.05, 4.69) is 30.6 Å². The van der Waals surface area contributed by atoms with Crippen molar-refractivity contribution in [1.82, 2.24) is 10.9 Å². The van der Waals surface area contributed by atoms with Crippen LogP contribution >= 0.6 is 0 Å². The van der Waals surface area contributed by atoms with Gasteiger partial charge in [0.15, 0.2) is 0 Å². The molecule has 2 rings (SSSR count). The van der Waals surface area contributed by atoms with Gasteiger partial charge in [-0.1, -0.05) is 50.1 Å². The molecule has 3 nitrogen and oxygen atoms in total. The van der Waals surface area contributed by atoms with Gasteiger partial charge in [-0.15, -0.1) is 0 Å². The van der Waals surface area contributed by atoms with E-state index < -0.39 is 17.9 Å². The van der Waals surface area contributed by atoms with E-state index in [1.165, 1.54) is 6.07 Å². The average molecular weight is 373 g/mol. The van der Waals surface area contributed by atoms with Gasteiger partial charge in [0.05, 0.1) is 17.9 Å². The van der Waals surface area contributed by atoms with Crippen LogP contribution in [-0.2, 0) is 6.54 Å². The van der Waals surface area contributed by atoms with Crippen LogP contribution in [0.4, 0.5) is 18.9 Å². The van der Waals surface area contributed by atoms with Crippen molar-refractivity contribution in [2.24, 2.45) is 0 Å². The Kier molecular flexibility index (Phi) is 6.71. The number of hydrogen-bond acceptors (Lipinski definition) is 3. The molecule has 2 aromatic carbocycles. The fraction of sp³-hybridized carbons (Fsp3) is 0.143. The molecule has 0 bridgehead atoms. The molecule has 0 saturated carbocycles. The Hall–Kier alpha value is -3.15. The summed E-state index contributed by atoms with van der Waals surface area (Å²) in [6.45, 7) is 13.0. The van der Waals surface area contributed by atoms with Crippen LogP contribution in [-0.4, -0.2) is 6.43 Å². The minimum absolute atomic E-state index is 0.252. The molecule has 2 N–H and O–H groups in total. The lowest BCUT2D eigenvalue weighted by Gasteiger charge is -2.25. The van der Waals surface area contributed by atoms with Crippen LogP contribution in [0, 0.1) is 5.82 Å². The molecular weight excluding hydrogens is 351 g/mol. The van der Waals surface area contributed by atoms with Gasteiger partial charge in [-0.2, -0.15) is 0 Å². The van der Waals surface area contributed by atoms with Crippen LogP contribution < -0.4 is 15.8 Å². The molecule has 2 aromatic rings. The first-order chi connectivity index (χ1) is 12.8. The molecule has 0 aromatic heterocycles. The highest BCUT2D eigenvalue weighted by molar-refractivity contribution is 5.62. The monoisotopic (exact) mass is 373 g/mol. The highest BCUT2D eigenvalue weighted by Crippen LogP contribution is 2.23. The van der Waals surface area contributed by atoms with Gasteiger partial charge in [0.1, 0.15) is 5.82 Å². The van der Waals surface area contributed by atoms with Gasteiger partial charge < -0.3 is 10.3 Å². The Morgan fingerprint density at radius 2 is 1.70 bits per heavy atom. The predicted octanol–water partition coefficient (Wildman–Crippen LogP) is 5.21. The number of hydrogen-bond donors (Lipinski definition) is 2. The number of nitrogens with zero attached hydrogens (tertiary/aromatic N) is 1. The summed E-state index contributed by atoms with van der Waals surface area (Å²) < 4.78 is 39.4. The van der Waals surface area contributed by atoms with Gasteiger partial charge in [0.25, 0.3) is 6.43 Å². The summed E-state index contributed by atoms with van der Waals surface area (Å²) in [5, 5.41) is 0. The second-order valence-electron chi connectivity index (χ2n) is 6.02. The van der Waals surface area contributed by atoms with Gasteiger partial charge in [-0.25, -0.2) is 13.2 Å². The molecule has 0 aliphatic rings. The second-order valence-corrected chi connectivity index (χ2v) is 6.02. The minimum atomic E-state index is -2.71. The topological polar surface area (TPSA) is 27.3 Å². The van der Waals surface area contributed by atoms with E-state index in [1.807, 2.05) is 42.2 Å². The summed E-state index contributed by atoms with van der Waals surface area (Å²) >= 11 is 0. The van der Waals surface area contributed by atoms with E-state index in [1.54, 1.807) is 12.1 Å². The minimum Gasteiger partial charge on any atom is -0.341 e. The van der Waals surface area contributed by atoms with Crippen LogP contribution in [0.15, 0.2) is 79.7 Å². The SMILES string of the molecule is C=C(NNC(=C)C(F)F)c1ccc(CN(C(=C)C)c2ccccc2)c(F)c1. The fourth-order valence-electron chi connectivity index (χ4n) is 2.37. The van der Waals surface area contributed by atoms with Crippen molar-refractivity contribution >= 4 is 11.4 Å². The molecule has 0 spiro atoms. The average Bonchev–Trinajstić information content (AvgIpc) is 2.65. The van der Waals surface area contributed by atoms with Crippen molar-refractivity contribution in [2.75, 3.05) is 4.90 Å². The van der Waals surface area contributed by atoms with Gasteiger partial charge >= 0.3 is 0 Å². The number of benzene rings is 2. The molecule has 0 fully saturated rings. The summed E-state index contributed by atoms with van der Waals surface area (Å²) in [6, 6.07) is 14.2. The maximum atomic E-state index is 14.6. The van der Waals surface area contributed by atoms with E-state index in [9.17, 15) is 13.2 Å². The van der Waals surface area contributed by atoms with E-state index >= 15 is 0 Å². The second kappa shape index (κ2) is 8.98. The molecule has 0 amide bonds. The van der Waals surface area contributed by atoms with Gasteiger partial charge in [-0.3, -0.25) is 5.43 Å². The summed E-state index contributed by atoms with van der Waals surface area (Å²) in [7, 11) is 0. The summed E-state index contributed by atoms with van der Waals surface area (Å²) in [5.41, 5.74) is 7.11. The van der Waals surface area contributed by atoms with Crippen LogP contribution in [0.1, 0.15) is 18.1 Å². The number of rotatable bonds is 9. The lowest BCUT2D eigenvalue weighted by molar-refractivity contribution is 0.179. The van der Waals surface area contributed by atoms with E-state index in [0.717, 1.165) is 11.4 Å². The molecular formula is C21H22F3N3. The number of allylic oxidation sites excluding steroid dienone is 2. The predicted molar refractivity (Wildman–Crippen MR) is 104 cm³/mol. The quantitative estimate of drug-likeness (QED) is 0.591. The summed E-state index contributed by atoms with van der Waals surface area (Å²) in [6.07, 6.45) is -2.71. The Morgan fingerprint density at radius 1 is 1.04 bits per heavy atom. The third kappa shape index (κ3) is 5.41. The number of para-hydroxylation sites is 1. The lowest BCUT2D eigenvalue weighted by atomic mass is 10.1. The lowest BCUT2D eigenvalue weighted by Crippen LogP contribution is -2.31. The molecule has 0 aliphatic carbocycles. The molecule has 6 heteroatoms. The molecule has 0 atom stereocenters. The standard InChI is InChI=1S/C21H22F3N3/c1-14(2)27(19-8-6-5-7-9-19)13-18-11-10-17(12-20(18)22)15(3)25-26-16(4)21(23)24/h5-12,21,25-26H,1,3-4,13H2,2H3. The van der Waals surface area contributed by atoms with Crippen molar-refractivity contribution in [3.8, 4) is 0 Å². The third-order valence-electron chi connectivity index (χ3n) is 3.90. The maximum absolute atomic E-state index is 14.6. The van der Waals surface area contributed by atoms with Crippen LogP contribution in [0.2, 0.25) is 0 Å². The van der Waals surface area contributed by atoms with Crippen molar-refractivity contribution in [1.29, 1.82) is 0 Å². The molecule has 0 saturated heterocycles. The summed E-state index contributed by atoms with van der Waals surface area (Å²) in [4.78, 5) is 1.90. The molecule has 142 valence electrons. The van der Waals surface area contributed by atoms with E-state index in [0.29, 0.717) is 17.7 Å². The maximum Gasteiger partial charge on any atom is 0.279 e. The van der Waals surface area contributed by atoms with Crippen molar-refractivity contribution in [3.05, 3.63) is 96.6 Å². The normalized spacial score (nSPS) is 10.4. The van der Waals surface area contributed by atoms with E-state index in [4.69, 9.17) is 0 Å². The largest absolute Gasteiger partial charge is 0.341 e. The van der Waals surface area contributed by atoms with Gasteiger partial charge in [-0.05, 0) is 25.1 Å². The Bertz CT molecular complexity index is 832. The fourth-order valence-corrected chi connectivity index (χ4v) is 2.37. The van der Waals surface area contributed by atoms with Crippen LogP contribution in [0.25, 0.3) is 5.70 Å². The van der Waals surface area contributed by atoms with Gasteiger partial charge in [0, 0.05) is 22.5 Å². The third-order valence-corrected chi connectivity index (χ3v) is 3.90. The number of nitrogens with one attached hydrogen (secondary N) is 2. The molecule has 0 aliphatic heterocycles. The number of halogens is 3. The highest BCUT2D eigenvalue weighted by atomic mass is 19.3. The number of anilines is 1. The number of hydrazine groups is 1. The van der Waals surface area contributed by atoms with Crippen LogP contribution in [0.3, 0.4) is 0 Å². The van der Waals surface area contributed by atoms with Crippen molar-refractivity contribution < 1.29 is 13.2 Å². The first-order valence-electron chi connectivity index (χ1n) is 8.24. The van der Waals surface area contributed by atoms with Crippen molar-refractivity contribution in [2.45, 2.75) is 19.9 Å². The summed E-state index contributed by atoms with van der Waals surface area (Å²) in [5.74, 6) is -0.426. The molecule has 27 heavy (non-hydrogen) atoms. The highest BCUT2D eigenvalue weighted by Gasteiger charge is 2.13. The smallest absolute Gasteiger partial charge is 0.279 e. The zero-order valence-electron chi connectivity index (χ0n) is 15.1. The number of alkyl halides is 2. The molecule has 0 unspecified atom stereocenters. The first-order valence-corrected chi connectivity index (χ1v) is 8.24. The first kappa shape index (κ1) is 20.2. The van der Waals surface area contributed by atoms with Crippen LogP contribution in [0.5, 0.6) is 0 Å². The molecule has 0 heterocycles. The van der Waals surface area contributed by atoms with Crippen molar-refractivity contribution in [3.63, 3.8) is 0 Å². The Labute approximate surface area is 157 Å². The zero-order chi connectivity index (χ0) is 20.0. The Morgan fingerprint density at radius 3 is 2.26 bits per heavy atom. The zero-order valence-corrected chi connectivity index (χ0v) is 15.1. The molecule has 0 radical (unpaired) electrons.